The van der Waals surface area contributed by atoms with Crippen LogP contribution in [0.5, 0.6) is 0 Å². The van der Waals surface area contributed by atoms with E-state index < -0.39 is 9.84 Å². The molecule has 2 heterocycles. The lowest BCUT2D eigenvalue weighted by Crippen LogP contribution is -2.39. The van der Waals surface area contributed by atoms with Crippen molar-refractivity contribution in [1.29, 1.82) is 0 Å². The first-order chi connectivity index (χ1) is 8.85. The summed E-state index contributed by atoms with van der Waals surface area (Å²) in [7, 11) is -2.89. The molecule has 1 aromatic heterocycles. The van der Waals surface area contributed by atoms with Crippen LogP contribution in [0.3, 0.4) is 0 Å². The maximum atomic E-state index is 11.5. The summed E-state index contributed by atoms with van der Waals surface area (Å²) >= 11 is 0. The fourth-order valence-corrected chi connectivity index (χ4v) is 4.49. The molecule has 1 fully saturated rings. The molecule has 6 nitrogen and oxygen atoms in total. The van der Waals surface area contributed by atoms with Gasteiger partial charge in [0.05, 0.1) is 18.8 Å². The van der Waals surface area contributed by atoms with Crippen molar-refractivity contribution in [3.63, 3.8) is 0 Å². The second-order valence-electron chi connectivity index (χ2n) is 6.08. The number of aromatic nitrogens is 3. The Morgan fingerprint density at radius 2 is 2.05 bits per heavy atom. The molecule has 0 saturated heterocycles. The SMILES string of the molecule is Cc1nc2n(n1)CCN(CC1(CS(C)(=O)=O)CC1)C2. The Bertz CT molecular complexity index is 589. The normalized spacial score (nSPS) is 22.2. The van der Waals surface area contributed by atoms with E-state index >= 15 is 0 Å². The predicted octanol–water partition coefficient (Wildman–Crippen LogP) is 0.227. The van der Waals surface area contributed by atoms with Crippen LogP contribution in [0.15, 0.2) is 0 Å². The molecule has 2 aliphatic rings. The predicted molar refractivity (Wildman–Crippen MR) is 71.4 cm³/mol. The molecular formula is C12H20N4O2S. The fourth-order valence-electron chi connectivity index (χ4n) is 3.00. The Labute approximate surface area is 113 Å². The van der Waals surface area contributed by atoms with E-state index in [2.05, 4.69) is 15.0 Å². The summed E-state index contributed by atoms with van der Waals surface area (Å²) < 4.78 is 24.9. The maximum Gasteiger partial charge on any atom is 0.148 e. The van der Waals surface area contributed by atoms with Crippen LogP contribution in [0.4, 0.5) is 0 Å². The van der Waals surface area contributed by atoms with Crippen molar-refractivity contribution in [3.05, 3.63) is 11.6 Å². The molecule has 0 radical (unpaired) electrons. The molecule has 1 aliphatic heterocycles. The van der Waals surface area contributed by atoms with Gasteiger partial charge in [0.15, 0.2) is 0 Å². The van der Waals surface area contributed by atoms with E-state index in [0.29, 0.717) is 5.75 Å². The molecule has 0 amide bonds. The van der Waals surface area contributed by atoms with Crippen LogP contribution in [0.2, 0.25) is 0 Å². The third-order valence-electron chi connectivity index (χ3n) is 3.93. The Kier molecular flexibility index (Phi) is 2.94. The summed E-state index contributed by atoms with van der Waals surface area (Å²) in [6.45, 7) is 5.34. The smallest absolute Gasteiger partial charge is 0.148 e. The maximum absolute atomic E-state index is 11.5. The minimum absolute atomic E-state index is 0.00478. The van der Waals surface area contributed by atoms with Gasteiger partial charge in [0.1, 0.15) is 21.5 Å². The average Bonchev–Trinajstić information content (AvgIpc) is 2.87. The quantitative estimate of drug-likeness (QED) is 0.791. The van der Waals surface area contributed by atoms with Gasteiger partial charge in [-0.2, -0.15) is 5.10 Å². The van der Waals surface area contributed by atoms with E-state index in [1.54, 1.807) is 0 Å². The molecule has 1 saturated carbocycles. The van der Waals surface area contributed by atoms with Gasteiger partial charge in [-0.05, 0) is 25.2 Å². The zero-order valence-electron chi connectivity index (χ0n) is 11.5. The van der Waals surface area contributed by atoms with Crippen LogP contribution in [-0.2, 0) is 22.9 Å². The van der Waals surface area contributed by atoms with Crippen LogP contribution in [0, 0.1) is 12.3 Å². The Balaban J connectivity index is 1.66. The van der Waals surface area contributed by atoms with Gasteiger partial charge in [0, 0.05) is 19.3 Å². The van der Waals surface area contributed by atoms with Gasteiger partial charge in [-0.3, -0.25) is 4.90 Å². The minimum atomic E-state index is -2.89. The zero-order chi connectivity index (χ0) is 13.7. The van der Waals surface area contributed by atoms with Gasteiger partial charge >= 0.3 is 0 Å². The molecule has 0 atom stereocenters. The van der Waals surface area contributed by atoms with Gasteiger partial charge in [0.25, 0.3) is 0 Å². The lowest BCUT2D eigenvalue weighted by Gasteiger charge is -2.30. The molecule has 0 N–H and O–H groups in total. The van der Waals surface area contributed by atoms with E-state index in [1.807, 2.05) is 11.6 Å². The van der Waals surface area contributed by atoms with Gasteiger partial charge in [-0.1, -0.05) is 0 Å². The number of fused-ring (bicyclic) bond motifs is 1. The van der Waals surface area contributed by atoms with Gasteiger partial charge in [-0.25, -0.2) is 18.1 Å². The van der Waals surface area contributed by atoms with Gasteiger partial charge in [0.2, 0.25) is 0 Å². The molecular weight excluding hydrogens is 264 g/mol. The van der Waals surface area contributed by atoms with Crippen molar-refractivity contribution < 1.29 is 8.42 Å². The molecule has 0 bridgehead atoms. The summed E-state index contributed by atoms with van der Waals surface area (Å²) in [5.74, 6) is 2.13. The molecule has 1 aromatic rings. The number of hydrogen-bond donors (Lipinski definition) is 0. The van der Waals surface area contributed by atoms with Crippen LogP contribution >= 0.6 is 0 Å². The van der Waals surface area contributed by atoms with Crippen LogP contribution in [-0.4, -0.2) is 53.2 Å². The second-order valence-corrected chi connectivity index (χ2v) is 8.22. The third-order valence-corrected chi connectivity index (χ3v) is 5.07. The number of hydrogen-bond acceptors (Lipinski definition) is 5. The second kappa shape index (κ2) is 4.28. The van der Waals surface area contributed by atoms with Gasteiger partial charge in [-0.15, -0.1) is 0 Å². The van der Waals surface area contributed by atoms with E-state index in [4.69, 9.17) is 0 Å². The highest BCUT2D eigenvalue weighted by molar-refractivity contribution is 7.90. The van der Waals surface area contributed by atoms with Crippen LogP contribution in [0.25, 0.3) is 0 Å². The Morgan fingerprint density at radius 1 is 1.32 bits per heavy atom. The van der Waals surface area contributed by atoms with Crippen LogP contribution in [0.1, 0.15) is 24.5 Å². The van der Waals surface area contributed by atoms with E-state index in [-0.39, 0.29) is 5.41 Å². The first-order valence-electron chi connectivity index (χ1n) is 6.66. The van der Waals surface area contributed by atoms with Crippen molar-refractivity contribution in [3.8, 4) is 0 Å². The minimum Gasteiger partial charge on any atom is -0.294 e. The summed E-state index contributed by atoms with van der Waals surface area (Å²) in [6.07, 6.45) is 3.40. The number of nitrogens with zero attached hydrogens (tertiary/aromatic N) is 4. The first-order valence-corrected chi connectivity index (χ1v) is 8.72. The summed E-state index contributed by atoms with van der Waals surface area (Å²) in [6, 6.07) is 0. The van der Waals surface area contributed by atoms with E-state index in [9.17, 15) is 8.42 Å². The average molecular weight is 284 g/mol. The molecule has 1 aliphatic carbocycles. The van der Waals surface area contributed by atoms with Crippen molar-refractivity contribution in [2.24, 2.45) is 5.41 Å². The lowest BCUT2D eigenvalue weighted by molar-refractivity contribution is 0.177. The van der Waals surface area contributed by atoms with E-state index in [1.165, 1.54) is 6.26 Å². The monoisotopic (exact) mass is 284 g/mol. The highest BCUT2D eigenvalue weighted by Gasteiger charge is 2.46. The Hall–Kier alpha value is -0.950. The fraction of sp³-hybridized carbons (Fsp3) is 0.833. The molecule has 106 valence electrons. The molecule has 7 heteroatoms. The Morgan fingerprint density at radius 3 is 2.68 bits per heavy atom. The van der Waals surface area contributed by atoms with Crippen LogP contribution < -0.4 is 0 Å². The number of rotatable bonds is 4. The van der Waals surface area contributed by atoms with Gasteiger partial charge < -0.3 is 0 Å². The van der Waals surface area contributed by atoms with E-state index in [0.717, 1.165) is 50.7 Å². The molecule has 3 rings (SSSR count). The molecule has 0 unspecified atom stereocenters. The third kappa shape index (κ3) is 2.97. The molecule has 0 spiro atoms. The van der Waals surface area contributed by atoms with Crippen molar-refractivity contribution in [2.45, 2.75) is 32.9 Å². The molecule has 0 aromatic carbocycles. The number of aryl methyl sites for hydroxylation is 1. The summed E-state index contributed by atoms with van der Waals surface area (Å²) in [5, 5.41) is 4.34. The zero-order valence-corrected chi connectivity index (χ0v) is 12.3. The largest absolute Gasteiger partial charge is 0.294 e. The summed E-state index contributed by atoms with van der Waals surface area (Å²) in [5.41, 5.74) is 0.00478. The lowest BCUT2D eigenvalue weighted by atomic mass is 10.1. The van der Waals surface area contributed by atoms with Crippen molar-refractivity contribution in [1.82, 2.24) is 19.7 Å². The highest BCUT2D eigenvalue weighted by Crippen LogP contribution is 2.47. The topological polar surface area (TPSA) is 68.1 Å². The summed E-state index contributed by atoms with van der Waals surface area (Å²) in [4.78, 5) is 6.74. The first kappa shape index (κ1) is 13.1. The number of sulfone groups is 1. The standard InChI is InChI=1S/C12H20N4O2S/c1-10-13-11-7-15(5-6-16(11)14-10)8-12(3-4-12)9-19(2,17)18/h3-9H2,1-2H3. The highest BCUT2D eigenvalue weighted by atomic mass is 32.2. The van der Waals surface area contributed by atoms with Crippen molar-refractivity contribution >= 4 is 9.84 Å². The van der Waals surface area contributed by atoms with Crippen molar-refractivity contribution in [2.75, 3.05) is 25.1 Å². The molecule has 19 heavy (non-hydrogen) atoms.